The Morgan fingerprint density at radius 2 is 1.69 bits per heavy atom. The van der Waals surface area contributed by atoms with Crippen LogP contribution < -0.4 is 25.4 Å². The van der Waals surface area contributed by atoms with Crippen LogP contribution in [0.1, 0.15) is 98.8 Å². The van der Waals surface area contributed by atoms with Gasteiger partial charge in [0.05, 0.1) is 39.9 Å². The lowest BCUT2D eigenvalue weighted by atomic mass is 9.84. The number of aryl methyl sites for hydroxylation is 1. The standard InChI is InChI=1S/C56H70BrN9O8S/c1-36(2)49(66-33-41-13-5-6-16-45(41)54(66)70)55(71)65-34-43(67)30-47(65)52(68)59-31-40-18-17-39(50-37(3)61-35-75-50)29-48(40)74-28-10-8-26-72-25-7-9-27-73-44-21-19-42(20-22-44)62-56-60-32-46(57)51(63-56)58-23-12-24-64(4)53(69)38-14-11-15-38/h5-6,13,16-22,29,32,35-36,38,43,47,49,67H,7-12,14-15,23-28,30-31,33-34H2,1-4H3,(H,59,68)(H2,58,60,62,63)/t43-,47+,49?/m1/s1. The Bertz CT molecular complexity index is 2740. The van der Waals surface area contributed by atoms with Crippen LogP contribution in [-0.2, 0) is 32.2 Å². The van der Waals surface area contributed by atoms with Gasteiger partial charge >= 0.3 is 0 Å². The van der Waals surface area contributed by atoms with Crippen molar-refractivity contribution in [3.05, 3.63) is 105 Å². The van der Waals surface area contributed by atoms with Gasteiger partial charge in [-0.05, 0) is 121 Å². The van der Waals surface area contributed by atoms with E-state index in [1.807, 2.05) is 98.9 Å². The number of carbonyl (C=O) groups excluding carboxylic acids is 4. The van der Waals surface area contributed by atoms with Crippen LogP contribution in [0.25, 0.3) is 10.4 Å². The number of carbonyl (C=O) groups is 4. The number of thiazole rings is 1. The van der Waals surface area contributed by atoms with Crippen LogP contribution in [-0.4, -0.2) is 130 Å². The molecule has 1 saturated heterocycles. The first kappa shape index (κ1) is 55.1. The van der Waals surface area contributed by atoms with Gasteiger partial charge in [-0.1, -0.05) is 50.6 Å². The lowest BCUT2D eigenvalue weighted by molar-refractivity contribution is -0.143. The molecule has 19 heteroatoms. The van der Waals surface area contributed by atoms with Crippen LogP contribution in [0.15, 0.2) is 82.9 Å². The van der Waals surface area contributed by atoms with Crippen molar-refractivity contribution in [2.75, 3.05) is 63.7 Å². The fourth-order valence-electron chi connectivity index (χ4n) is 9.61. The maximum atomic E-state index is 14.3. The minimum absolute atomic E-state index is 0.0111. The molecule has 4 heterocycles. The third-order valence-electron chi connectivity index (χ3n) is 14.0. The summed E-state index contributed by atoms with van der Waals surface area (Å²) in [6.45, 7) is 9.85. The molecule has 17 nitrogen and oxygen atoms in total. The van der Waals surface area contributed by atoms with Crippen molar-refractivity contribution >= 4 is 68.3 Å². The van der Waals surface area contributed by atoms with E-state index < -0.39 is 18.2 Å². The van der Waals surface area contributed by atoms with Gasteiger partial charge in [0.25, 0.3) is 5.91 Å². The Morgan fingerprint density at radius 1 is 0.947 bits per heavy atom. The first-order chi connectivity index (χ1) is 36.3. The molecule has 400 valence electrons. The number of fused-ring (bicyclic) bond motifs is 1. The monoisotopic (exact) mass is 1110 g/mol. The number of halogens is 1. The molecule has 0 bridgehead atoms. The number of β-amino-alcohol motifs (C(OH)–C–C–N with tert-alkyl or cyclic N) is 1. The molecule has 5 aromatic rings. The Hall–Kier alpha value is -6.15. The van der Waals surface area contributed by atoms with Gasteiger partial charge in [0.2, 0.25) is 23.7 Å². The van der Waals surface area contributed by atoms with Crippen molar-refractivity contribution in [1.82, 2.24) is 35.0 Å². The Labute approximate surface area is 452 Å². The summed E-state index contributed by atoms with van der Waals surface area (Å²) in [5.41, 5.74) is 6.77. The molecule has 75 heavy (non-hydrogen) atoms. The maximum absolute atomic E-state index is 14.3. The number of nitrogens with one attached hydrogen (secondary N) is 3. The molecular weight excluding hydrogens is 1040 g/mol. The van der Waals surface area contributed by atoms with Crippen molar-refractivity contribution in [1.29, 1.82) is 0 Å². The molecule has 1 aliphatic carbocycles. The van der Waals surface area contributed by atoms with Crippen molar-refractivity contribution in [2.45, 2.75) is 110 Å². The van der Waals surface area contributed by atoms with E-state index in [-0.39, 0.29) is 55.0 Å². The number of aliphatic hydroxyl groups is 1. The normalized spacial score (nSPS) is 16.7. The van der Waals surface area contributed by atoms with E-state index in [0.717, 1.165) is 94.5 Å². The van der Waals surface area contributed by atoms with E-state index in [0.29, 0.717) is 69.1 Å². The van der Waals surface area contributed by atoms with Gasteiger partial charge in [-0.15, -0.1) is 11.3 Å². The van der Waals surface area contributed by atoms with Gasteiger partial charge in [-0.2, -0.15) is 4.98 Å². The SMILES string of the molecule is Cc1ncsc1-c1ccc(CNC(=O)[C@@H]2C[C@@H](O)CN2C(=O)C(C(C)C)N2Cc3ccccc3C2=O)c(OCCCCOCCCCOc2ccc(Nc3ncc(Br)c(NCCCN(C)C(=O)C4CCC4)n3)cc2)c1. The largest absolute Gasteiger partial charge is 0.494 e. The molecule has 0 spiro atoms. The lowest BCUT2D eigenvalue weighted by Crippen LogP contribution is -2.55. The number of nitrogens with zero attached hydrogens (tertiary/aromatic N) is 6. The number of rotatable bonds is 27. The van der Waals surface area contributed by atoms with Crippen LogP contribution >= 0.6 is 27.3 Å². The average molecular weight is 1110 g/mol. The Morgan fingerprint density at radius 3 is 2.40 bits per heavy atom. The van der Waals surface area contributed by atoms with E-state index in [1.54, 1.807) is 28.5 Å². The first-order valence-corrected chi connectivity index (χ1v) is 27.9. The first-order valence-electron chi connectivity index (χ1n) is 26.2. The van der Waals surface area contributed by atoms with Gasteiger partial charge < -0.3 is 50.0 Å². The summed E-state index contributed by atoms with van der Waals surface area (Å²) in [4.78, 5) is 73.5. The number of anilines is 3. The molecule has 8 rings (SSSR count). The Kier molecular flexibility index (Phi) is 19.5. The van der Waals surface area contributed by atoms with E-state index in [9.17, 15) is 24.3 Å². The third kappa shape index (κ3) is 14.4. The molecule has 3 aromatic carbocycles. The summed E-state index contributed by atoms with van der Waals surface area (Å²) >= 11 is 5.09. The van der Waals surface area contributed by atoms with Gasteiger partial charge in [0.15, 0.2) is 0 Å². The van der Waals surface area contributed by atoms with E-state index in [1.165, 1.54) is 4.90 Å². The summed E-state index contributed by atoms with van der Waals surface area (Å²) in [7, 11) is 1.88. The number of benzene rings is 3. The summed E-state index contributed by atoms with van der Waals surface area (Å²) in [5, 5.41) is 20.4. The summed E-state index contributed by atoms with van der Waals surface area (Å²) in [6.07, 6.45) is 8.20. The number of hydrogen-bond acceptors (Lipinski definition) is 14. The van der Waals surface area contributed by atoms with Crippen LogP contribution in [0.3, 0.4) is 0 Å². The average Bonchev–Trinajstić information content (AvgIpc) is 4.10. The van der Waals surface area contributed by atoms with Crippen LogP contribution in [0.5, 0.6) is 11.5 Å². The number of unbranched alkanes of at least 4 members (excludes halogenated alkanes) is 2. The molecule has 1 saturated carbocycles. The van der Waals surface area contributed by atoms with Crippen LogP contribution in [0.4, 0.5) is 17.5 Å². The molecule has 3 atom stereocenters. The smallest absolute Gasteiger partial charge is 0.255 e. The summed E-state index contributed by atoms with van der Waals surface area (Å²) in [5.74, 6) is 1.88. The third-order valence-corrected chi connectivity index (χ3v) is 15.6. The molecule has 4 amide bonds. The zero-order valence-corrected chi connectivity index (χ0v) is 45.8. The van der Waals surface area contributed by atoms with Gasteiger partial charge in [-0.25, -0.2) is 9.97 Å². The van der Waals surface area contributed by atoms with Gasteiger partial charge in [0, 0.05) is 88.3 Å². The van der Waals surface area contributed by atoms with Gasteiger partial charge in [0.1, 0.15) is 29.4 Å². The topological polar surface area (TPSA) is 201 Å². The molecule has 2 aliphatic heterocycles. The highest BCUT2D eigenvalue weighted by atomic mass is 79.9. The van der Waals surface area contributed by atoms with E-state index in [2.05, 4.69) is 46.8 Å². The number of aromatic nitrogens is 3. The minimum atomic E-state index is -0.894. The summed E-state index contributed by atoms with van der Waals surface area (Å²) in [6, 6.07) is 19.3. The van der Waals surface area contributed by atoms with Crippen LogP contribution in [0, 0.1) is 18.8 Å². The Balaban J connectivity index is 0.734. The van der Waals surface area contributed by atoms with Crippen molar-refractivity contribution in [2.24, 2.45) is 11.8 Å². The second-order valence-electron chi connectivity index (χ2n) is 19.9. The molecule has 1 unspecified atom stereocenters. The number of ether oxygens (including phenoxy) is 3. The molecule has 0 radical (unpaired) electrons. The predicted molar refractivity (Wildman–Crippen MR) is 293 cm³/mol. The van der Waals surface area contributed by atoms with E-state index >= 15 is 0 Å². The highest BCUT2D eigenvalue weighted by Crippen LogP contribution is 2.34. The zero-order valence-electron chi connectivity index (χ0n) is 43.4. The van der Waals surface area contributed by atoms with Crippen LogP contribution in [0.2, 0.25) is 0 Å². The second kappa shape index (κ2) is 26.6. The molecule has 2 aromatic heterocycles. The fourth-order valence-corrected chi connectivity index (χ4v) is 10.7. The second-order valence-corrected chi connectivity index (χ2v) is 21.6. The van der Waals surface area contributed by atoms with Crippen molar-refractivity contribution < 1.29 is 38.5 Å². The van der Waals surface area contributed by atoms with E-state index in [4.69, 9.17) is 14.2 Å². The number of aliphatic hydroxyl groups excluding tert-OH is 1. The highest BCUT2D eigenvalue weighted by molar-refractivity contribution is 9.10. The summed E-state index contributed by atoms with van der Waals surface area (Å²) < 4.78 is 19.1. The number of amides is 4. The molecule has 4 N–H and O–H groups in total. The molecule has 3 aliphatic rings. The quantitative estimate of drug-likeness (QED) is 0.0364. The highest BCUT2D eigenvalue weighted by Gasteiger charge is 2.46. The maximum Gasteiger partial charge on any atom is 0.255 e. The molecular formula is C56H70BrN9O8S. The minimum Gasteiger partial charge on any atom is -0.494 e. The van der Waals surface area contributed by atoms with Gasteiger partial charge in [-0.3, -0.25) is 19.2 Å². The lowest BCUT2D eigenvalue weighted by Gasteiger charge is -2.35. The molecule has 2 fully saturated rings. The fraction of sp³-hybridized carbons (Fsp3) is 0.482. The van der Waals surface area contributed by atoms with Crippen molar-refractivity contribution in [3.8, 4) is 21.9 Å². The zero-order chi connectivity index (χ0) is 52.8. The number of likely N-dealkylation sites (tertiary alicyclic amines) is 1. The predicted octanol–water partition coefficient (Wildman–Crippen LogP) is 8.77. The number of hydrogen-bond donors (Lipinski definition) is 4. The van der Waals surface area contributed by atoms with Crippen molar-refractivity contribution in [3.63, 3.8) is 0 Å².